The van der Waals surface area contributed by atoms with E-state index in [1.54, 1.807) is 39.8 Å². The van der Waals surface area contributed by atoms with E-state index in [9.17, 15) is 24.0 Å². The first-order valence-electron chi connectivity index (χ1n) is 18.8. The number of pyridine rings is 1. The number of alkyl carbamates (subject to hydrolysis) is 1. The summed E-state index contributed by atoms with van der Waals surface area (Å²) >= 11 is 17.1. The number of fused-ring (bicyclic) bond motifs is 1. The number of ether oxygens (including phenoxy) is 5. The lowest BCUT2D eigenvalue weighted by molar-refractivity contribution is -0.192. The highest BCUT2D eigenvalue weighted by molar-refractivity contribution is 6.67. The first-order valence-corrected chi connectivity index (χ1v) is 19.9. The number of rotatable bonds is 13. The number of aromatic nitrogens is 1. The molecule has 15 nitrogen and oxygen atoms in total. The van der Waals surface area contributed by atoms with Crippen LogP contribution in [0.3, 0.4) is 0 Å². The number of amides is 3. The van der Waals surface area contributed by atoms with Gasteiger partial charge in [0.2, 0.25) is 3.79 Å². The van der Waals surface area contributed by atoms with E-state index in [1.807, 2.05) is 44.2 Å². The molecule has 3 heterocycles. The van der Waals surface area contributed by atoms with Gasteiger partial charge < -0.3 is 34.3 Å². The van der Waals surface area contributed by atoms with E-state index < -0.39 is 81.4 Å². The van der Waals surface area contributed by atoms with Gasteiger partial charge >= 0.3 is 18.0 Å². The third-order valence-electron chi connectivity index (χ3n) is 9.30. The number of hydrazine groups is 1. The molecule has 2 saturated heterocycles. The Hall–Kier alpha value is -3.73. The maximum absolute atomic E-state index is 14.0. The molecular weight excluding hydrogens is 805 g/mol. The molecule has 0 aliphatic carbocycles. The van der Waals surface area contributed by atoms with Gasteiger partial charge in [0, 0.05) is 17.8 Å². The second-order valence-electron chi connectivity index (χ2n) is 15.3. The molecule has 314 valence electrons. The highest BCUT2D eigenvalue weighted by atomic mass is 35.6. The number of esters is 2. The van der Waals surface area contributed by atoms with Crippen LogP contribution in [0, 0.1) is 11.3 Å². The third-order valence-corrected chi connectivity index (χ3v) is 9.63. The van der Waals surface area contributed by atoms with Crippen LogP contribution in [-0.2, 0) is 42.9 Å². The molecule has 4 rings (SSSR count). The van der Waals surface area contributed by atoms with E-state index in [1.165, 1.54) is 11.9 Å². The highest BCUT2D eigenvalue weighted by Crippen LogP contribution is 2.30. The van der Waals surface area contributed by atoms with E-state index >= 15 is 0 Å². The minimum Gasteiger partial charge on any atom is -0.460 e. The van der Waals surface area contributed by atoms with Crippen LogP contribution in [0.25, 0.3) is 17.0 Å². The van der Waals surface area contributed by atoms with Gasteiger partial charge in [-0.25, -0.2) is 10.2 Å². The maximum Gasteiger partial charge on any atom is 0.408 e. The van der Waals surface area contributed by atoms with Gasteiger partial charge in [0.25, 0.3) is 11.8 Å². The van der Waals surface area contributed by atoms with Crippen LogP contribution in [-0.4, -0.2) is 101 Å². The largest absolute Gasteiger partial charge is 0.460 e. The molecule has 2 aliphatic rings. The van der Waals surface area contributed by atoms with Crippen LogP contribution in [0.4, 0.5) is 4.79 Å². The minimum absolute atomic E-state index is 0.0218. The van der Waals surface area contributed by atoms with Gasteiger partial charge in [0.05, 0.1) is 30.5 Å². The summed E-state index contributed by atoms with van der Waals surface area (Å²) in [7, 11) is 0. The normalized spacial score (nSPS) is 19.5. The topological polar surface area (TPSA) is 184 Å². The van der Waals surface area contributed by atoms with Crippen molar-refractivity contribution in [2.45, 2.75) is 101 Å². The fourth-order valence-electron chi connectivity index (χ4n) is 5.97. The number of alkyl halides is 3. The van der Waals surface area contributed by atoms with Crippen LogP contribution in [0.2, 0.25) is 0 Å². The van der Waals surface area contributed by atoms with E-state index in [-0.39, 0.29) is 26.6 Å². The fourth-order valence-corrected chi connectivity index (χ4v) is 6.14. The maximum atomic E-state index is 14.0. The van der Waals surface area contributed by atoms with Crippen LogP contribution in [0.15, 0.2) is 36.4 Å². The first-order chi connectivity index (χ1) is 26.7. The van der Waals surface area contributed by atoms with Gasteiger partial charge in [-0.05, 0) is 71.6 Å². The highest BCUT2D eigenvalue weighted by Gasteiger charge is 2.44. The summed E-state index contributed by atoms with van der Waals surface area (Å²) in [5.74, 6) is -3.05. The molecule has 3 N–H and O–H groups in total. The van der Waals surface area contributed by atoms with Gasteiger partial charge in [-0.3, -0.25) is 29.2 Å². The summed E-state index contributed by atoms with van der Waals surface area (Å²) in [5, 5.41) is 7.58. The number of benzene rings is 1. The summed E-state index contributed by atoms with van der Waals surface area (Å²) in [6.07, 6.45) is 2.90. The van der Waals surface area contributed by atoms with Crippen molar-refractivity contribution in [1.82, 2.24) is 26.1 Å². The monoisotopic (exact) mass is 855 g/mol. The molecule has 1 aromatic heterocycles. The molecule has 3 amide bonds. The molecule has 0 spiro atoms. The Bertz CT molecular complexity index is 1790. The molecule has 1 aromatic carbocycles. The molecule has 18 heteroatoms. The number of hydrogen-bond acceptors (Lipinski definition) is 12. The molecule has 57 heavy (non-hydrogen) atoms. The Labute approximate surface area is 347 Å². The first kappa shape index (κ1) is 46.0. The SMILES string of the molecule is CCC(C)C(OC(=O)C1(C=Cc2ccc3ccc(C(C)NC(=O)OC(C)(C)C)nc3c2)COCOC1)C(=O)NC(C)C(=O)N1CCCC(C(=O)OCC(Cl)(Cl)Cl)N1. The van der Waals surface area contributed by atoms with Crippen molar-refractivity contribution in [2.24, 2.45) is 11.3 Å². The number of halogens is 3. The molecule has 5 atom stereocenters. The molecule has 2 aromatic rings. The lowest BCUT2D eigenvalue weighted by Gasteiger charge is -2.35. The fraction of sp³-hybridized carbons (Fsp3) is 0.590. The van der Waals surface area contributed by atoms with Crippen molar-refractivity contribution < 1.29 is 47.7 Å². The summed E-state index contributed by atoms with van der Waals surface area (Å²) in [5.41, 5.74) is 2.79. The van der Waals surface area contributed by atoms with Crippen LogP contribution in [0.5, 0.6) is 0 Å². The summed E-state index contributed by atoms with van der Waals surface area (Å²) in [4.78, 5) is 70.8. The van der Waals surface area contributed by atoms with Crippen molar-refractivity contribution >= 4 is 81.6 Å². The lowest BCUT2D eigenvalue weighted by atomic mass is 9.88. The van der Waals surface area contributed by atoms with Gasteiger partial charge in [0.1, 0.15) is 36.5 Å². The van der Waals surface area contributed by atoms with Gasteiger partial charge in [0.15, 0.2) is 6.10 Å². The molecule has 0 bridgehead atoms. The number of hydrogen-bond donors (Lipinski definition) is 3. The Morgan fingerprint density at radius 1 is 1.05 bits per heavy atom. The molecule has 2 aliphatic heterocycles. The van der Waals surface area contributed by atoms with Crippen molar-refractivity contribution in [3.05, 3.63) is 47.7 Å². The number of carbonyl (C=O) groups excluding carboxylic acids is 5. The predicted octanol–water partition coefficient (Wildman–Crippen LogP) is 5.70. The summed E-state index contributed by atoms with van der Waals surface area (Å²) in [6, 6.07) is 6.99. The Kier molecular flexibility index (Phi) is 16.0. The lowest BCUT2D eigenvalue weighted by Crippen LogP contribution is -2.60. The zero-order valence-corrected chi connectivity index (χ0v) is 35.5. The van der Waals surface area contributed by atoms with Crippen LogP contribution >= 0.6 is 34.8 Å². The summed E-state index contributed by atoms with van der Waals surface area (Å²) in [6.45, 7) is 11.9. The smallest absolute Gasteiger partial charge is 0.408 e. The van der Waals surface area contributed by atoms with Crippen molar-refractivity contribution in [3.63, 3.8) is 0 Å². The number of carbonyl (C=O) groups is 5. The van der Waals surface area contributed by atoms with E-state index in [2.05, 4.69) is 16.1 Å². The zero-order chi connectivity index (χ0) is 42.1. The van der Waals surface area contributed by atoms with Gasteiger partial charge in [-0.1, -0.05) is 79.0 Å². The van der Waals surface area contributed by atoms with Crippen molar-refractivity contribution in [3.8, 4) is 0 Å². The average molecular weight is 857 g/mol. The minimum atomic E-state index is -1.79. The second-order valence-corrected chi connectivity index (χ2v) is 17.9. The van der Waals surface area contributed by atoms with E-state index in [0.29, 0.717) is 36.0 Å². The zero-order valence-electron chi connectivity index (χ0n) is 33.2. The third kappa shape index (κ3) is 13.4. The molecule has 0 saturated carbocycles. The predicted molar refractivity (Wildman–Crippen MR) is 214 cm³/mol. The molecule has 2 fully saturated rings. The van der Waals surface area contributed by atoms with E-state index in [4.69, 9.17) is 63.5 Å². The number of nitrogens with zero attached hydrogens (tertiary/aromatic N) is 2. The Balaban J connectivity index is 1.46. The van der Waals surface area contributed by atoms with Crippen LogP contribution in [0.1, 0.15) is 85.0 Å². The molecule has 0 radical (unpaired) electrons. The standard InChI is InChI=1S/C39H52Cl3N5O10/c1-8-23(2)31(32(48)43-25(4)33(49)47-17-9-10-29(46-47)34(50)55-21-39(40,41)42)56-35(51)38(19-53-22-54-20-38)16-15-26-11-12-27-13-14-28(45-30(27)18-26)24(3)44-36(52)57-37(5,6)7/h11-16,18,23-25,29,31,46H,8-10,17,19-22H2,1-7H3,(H,43,48)(H,44,52). The summed E-state index contributed by atoms with van der Waals surface area (Å²) < 4.78 is 25.8. The Morgan fingerprint density at radius 2 is 1.74 bits per heavy atom. The number of nitrogens with one attached hydrogen (secondary N) is 3. The van der Waals surface area contributed by atoms with Crippen LogP contribution < -0.4 is 16.1 Å². The van der Waals surface area contributed by atoms with Crippen molar-refractivity contribution in [2.75, 3.05) is 33.2 Å². The van der Waals surface area contributed by atoms with E-state index in [0.717, 1.165) is 5.39 Å². The second kappa shape index (κ2) is 19.8. The van der Waals surface area contributed by atoms with Crippen molar-refractivity contribution in [1.29, 1.82) is 0 Å². The Morgan fingerprint density at radius 3 is 2.39 bits per heavy atom. The quantitative estimate of drug-likeness (QED) is 0.127. The molecular formula is C39H52Cl3N5O10. The molecule has 5 unspecified atom stereocenters. The van der Waals surface area contributed by atoms with Gasteiger partial charge in [-0.15, -0.1) is 0 Å². The van der Waals surface area contributed by atoms with Gasteiger partial charge in [-0.2, -0.15) is 0 Å². The average Bonchev–Trinajstić information content (AvgIpc) is 3.16.